The number of nitrogens with one attached hydrogen (secondary N) is 2. The van der Waals surface area contributed by atoms with Gasteiger partial charge in [-0.05, 0) is 55.4 Å². The molecule has 2 aromatic carbocycles. The van der Waals surface area contributed by atoms with Crippen molar-refractivity contribution in [1.29, 1.82) is 0 Å². The Morgan fingerprint density at radius 3 is 2.45 bits per heavy atom. The zero-order chi connectivity index (χ0) is 28.1. The van der Waals surface area contributed by atoms with Crippen LogP contribution in [0.25, 0.3) is 0 Å². The molecule has 1 unspecified atom stereocenters. The molecule has 2 aliphatic carbocycles. The second-order valence-corrected chi connectivity index (χ2v) is 11.1. The standard InChI is InChI=1S/C31H36N4O5/c36-26(32-23-14-8-9-20(17-23)18-27(37)38)19-35-31(40)33-25-16-7-6-15-24(25)29(34-35)28(21-10-2-1-3-11-21)30(39)22-12-4-5-13-22/h6-9,14-17,21-22,28H,1-5,10-13,18-19H2,(H,32,36)(H,33,40)(H,37,38). The normalized spacial score (nSPS) is 18.8. The van der Waals surface area contributed by atoms with E-state index in [1.54, 1.807) is 30.3 Å². The van der Waals surface area contributed by atoms with Gasteiger partial charge in [-0.25, -0.2) is 9.80 Å². The van der Waals surface area contributed by atoms with E-state index in [0.29, 0.717) is 22.6 Å². The average molecular weight is 545 g/mol. The topological polar surface area (TPSA) is 128 Å². The molecule has 2 saturated carbocycles. The van der Waals surface area contributed by atoms with Crippen LogP contribution in [-0.2, 0) is 20.8 Å². The van der Waals surface area contributed by atoms with Gasteiger partial charge in [-0.3, -0.25) is 14.4 Å². The lowest BCUT2D eigenvalue weighted by Crippen LogP contribution is -2.39. The number of para-hydroxylation sites is 1. The molecule has 3 N–H and O–H groups in total. The number of fused-ring (bicyclic) bond motifs is 1. The van der Waals surface area contributed by atoms with Crippen LogP contribution in [0, 0.1) is 17.8 Å². The van der Waals surface area contributed by atoms with Crippen molar-refractivity contribution in [2.24, 2.45) is 22.9 Å². The highest BCUT2D eigenvalue weighted by molar-refractivity contribution is 6.19. The summed E-state index contributed by atoms with van der Waals surface area (Å²) in [5, 5.41) is 20.6. The summed E-state index contributed by atoms with van der Waals surface area (Å²) in [5.41, 5.74) is 2.85. The third kappa shape index (κ3) is 6.41. The van der Waals surface area contributed by atoms with Gasteiger partial charge in [-0.2, -0.15) is 5.10 Å². The molecule has 2 aromatic rings. The highest BCUT2D eigenvalue weighted by Crippen LogP contribution is 2.39. The van der Waals surface area contributed by atoms with E-state index in [9.17, 15) is 19.2 Å². The van der Waals surface area contributed by atoms with Gasteiger partial charge in [0, 0.05) is 17.2 Å². The van der Waals surface area contributed by atoms with E-state index in [1.807, 2.05) is 18.2 Å². The maximum Gasteiger partial charge on any atom is 0.342 e. The largest absolute Gasteiger partial charge is 0.481 e. The van der Waals surface area contributed by atoms with Crippen LogP contribution in [-0.4, -0.2) is 46.1 Å². The van der Waals surface area contributed by atoms with Crippen LogP contribution < -0.4 is 10.6 Å². The van der Waals surface area contributed by atoms with Crippen molar-refractivity contribution in [3.8, 4) is 0 Å². The number of rotatable bonds is 9. The third-order valence-corrected chi connectivity index (χ3v) is 8.25. The number of hydrazone groups is 1. The Labute approximate surface area is 234 Å². The molecule has 0 spiro atoms. The number of carboxylic acids is 1. The quantitative estimate of drug-likeness (QED) is 0.386. The summed E-state index contributed by atoms with van der Waals surface area (Å²) in [5.74, 6) is -1.51. The van der Waals surface area contributed by atoms with Gasteiger partial charge in [0.25, 0.3) is 0 Å². The first kappa shape index (κ1) is 27.6. The summed E-state index contributed by atoms with van der Waals surface area (Å²) in [7, 11) is 0. The number of hydrogen-bond donors (Lipinski definition) is 3. The van der Waals surface area contributed by atoms with Gasteiger partial charge in [0.15, 0.2) is 0 Å². The lowest BCUT2D eigenvalue weighted by molar-refractivity contribution is -0.136. The van der Waals surface area contributed by atoms with E-state index in [4.69, 9.17) is 10.2 Å². The number of hydrogen-bond acceptors (Lipinski definition) is 5. The molecule has 1 aliphatic heterocycles. The Hall–Kier alpha value is -4.01. The molecule has 210 valence electrons. The number of Topliss-reactive ketones (excluding diaryl/α,β-unsaturated/α-hetero) is 1. The molecule has 5 rings (SSSR count). The molecule has 40 heavy (non-hydrogen) atoms. The summed E-state index contributed by atoms with van der Waals surface area (Å²) in [6.45, 7) is -0.360. The predicted molar refractivity (Wildman–Crippen MR) is 152 cm³/mol. The van der Waals surface area contributed by atoms with E-state index >= 15 is 0 Å². The van der Waals surface area contributed by atoms with Crippen molar-refractivity contribution < 1.29 is 24.3 Å². The highest BCUT2D eigenvalue weighted by atomic mass is 16.4. The zero-order valence-electron chi connectivity index (χ0n) is 22.6. The molecule has 0 saturated heterocycles. The molecular formula is C31H36N4O5. The smallest absolute Gasteiger partial charge is 0.342 e. The summed E-state index contributed by atoms with van der Waals surface area (Å²) in [6, 6.07) is 13.5. The lowest BCUT2D eigenvalue weighted by atomic mass is 9.71. The minimum absolute atomic E-state index is 0.00327. The maximum absolute atomic E-state index is 14.1. The van der Waals surface area contributed by atoms with Crippen molar-refractivity contribution in [3.05, 3.63) is 59.7 Å². The van der Waals surface area contributed by atoms with Gasteiger partial charge in [0.2, 0.25) is 5.91 Å². The van der Waals surface area contributed by atoms with Gasteiger partial charge in [0.1, 0.15) is 12.3 Å². The number of benzene rings is 2. The number of carbonyl (C=O) groups excluding carboxylic acids is 3. The van der Waals surface area contributed by atoms with Crippen molar-refractivity contribution in [1.82, 2.24) is 5.01 Å². The predicted octanol–water partition coefficient (Wildman–Crippen LogP) is 5.46. The molecule has 0 bridgehead atoms. The molecule has 1 atom stereocenters. The van der Waals surface area contributed by atoms with Crippen LogP contribution in [0.5, 0.6) is 0 Å². The van der Waals surface area contributed by atoms with E-state index in [0.717, 1.165) is 68.4 Å². The Morgan fingerprint density at radius 2 is 1.70 bits per heavy atom. The number of amides is 3. The van der Waals surface area contributed by atoms with E-state index in [-0.39, 0.29) is 30.6 Å². The minimum atomic E-state index is -0.967. The number of aliphatic carboxylic acids is 1. The second kappa shape index (κ2) is 12.4. The Balaban J connectivity index is 1.46. The molecule has 0 radical (unpaired) electrons. The number of urea groups is 1. The molecule has 2 fully saturated rings. The molecular weight excluding hydrogens is 508 g/mol. The van der Waals surface area contributed by atoms with E-state index < -0.39 is 23.8 Å². The summed E-state index contributed by atoms with van der Waals surface area (Å²) >= 11 is 0. The number of carbonyl (C=O) groups is 4. The van der Waals surface area contributed by atoms with Crippen LogP contribution in [0.3, 0.4) is 0 Å². The lowest BCUT2D eigenvalue weighted by Gasteiger charge is -2.32. The van der Waals surface area contributed by atoms with E-state index in [1.165, 1.54) is 0 Å². The number of anilines is 2. The molecule has 0 aromatic heterocycles. The first-order valence-electron chi connectivity index (χ1n) is 14.3. The summed E-state index contributed by atoms with van der Waals surface area (Å²) < 4.78 is 0. The highest BCUT2D eigenvalue weighted by Gasteiger charge is 2.40. The molecule has 3 aliphatic rings. The Morgan fingerprint density at radius 1 is 0.975 bits per heavy atom. The Kier molecular flexibility index (Phi) is 8.57. The first-order chi connectivity index (χ1) is 19.4. The maximum atomic E-state index is 14.1. The summed E-state index contributed by atoms with van der Waals surface area (Å²) in [4.78, 5) is 51.6. The van der Waals surface area contributed by atoms with Gasteiger partial charge in [0.05, 0.1) is 23.7 Å². The van der Waals surface area contributed by atoms with Crippen LogP contribution >= 0.6 is 0 Å². The van der Waals surface area contributed by atoms with Crippen molar-refractivity contribution >= 4 is 40.8 Å². The van der Waals surface area contributed by atoms with Gasteiger partial charge in [-0.15, -0.1) is 0 Å². The fourth-order valence-electron chi connectivity index (χ4n) is 6.35. The van der Waals surface area contributed by atoms with Crippen molar-refractivity contribution in [2.45, 2.75) is 64.2 Å². The van der Waals surface area contributed by atoms with Gasteiger partial charge in [-0.1, -0.05) is 62.4 Å². The number of nitrogens with zero attached hydrogens (tertiary/aromatic N) is 2. The van der Waals surface area contributed by atoms with Crippen LogP contribution in [0.2, 0.25) is 0 Å². The van der Waals surface area contributed by atoms with Crippen LogP contribution in [0.15, 0.2) is 53.6 Å². The third-order valence-electron chi connectivity index (χ3n) is 8.25. The number of carboxylic acid groups (broad SMARTS) is 1. The SMILES string of the molecule is O=C(O)Cc1cccc(NC(=O)CN2N=C(C(C(=O)C3CCCC3)C3CCCCC3)c3ccccc3NC2=O)c1. The average Bonchev–Trinajstić information content (AvgIpc) is 3.44. The van der Waals surface area contributed by atoms with Crippen molar-refractivity contribution in [2.75, 3.05) is 17.2 Å². The van der Waals surface area contributed by atoms with E-state index in [2.05, 4.69) is 10.6 Å². The molecule has 3 amide bonds. The van der Waals surface area contributed by atoms with Gasteiger partial charge < -0.3 is 15.7 Å². The molecule has 9 heteroatoms. The fraction of sp³-hybridized carbons (Fsp3) is 0.452. The van der Waals surface area contributed by atoms with Crippen LogP contribution in [0.1, 0.15) is 68.9 Å². The summed E-state index contributed by atoms with van der Waals surface area (Å²) in [6.07, 6.45) is 8.90. The molecule has 9 nitrogen and oxygen atoms in total. The minimum Gasteiger partial charge on any atom is -0.481 e. The first-order valence-corrected chi connectivity index (χ1v) is 14.3. The van der Waals surface area contributed by atoms with Crippen LogP contribution in [0.4, 0.5) is 16.2 Å². The molecule has 1 heterocycles. The zero-order valence-corrected chi connectivity index (χ0v) is 22.6. The Bertz CT molecular complexity index is 1310. The fourth-order valence-corrected chi connectivity index (χ4v) is 6.35. The second-order valence-electron chi connectivity index (χ2n) is 11.1. The van der Waals surface area contributed by atoms with Gasteiger partial charge >= 0.3 is 12.0 Å². The van der Waals surface area contributed by atoms with Crippen molar-refractivity contribution in [3.63, 3.8) is 0 Å². The number of ketones is 1. The monoisotopic (exact) mass is 544 g/mol.